The van der Waals surface area contributed by atoms with Crippen molar-refractivity contribution in [3.63, 3.8) is 0 Å². The standard InChI is InChI=1S/C15H20O3/c1-5-7-13-12(11(3)16)8-9-14(17-4)15(13)18-10-6-2/h5,8-9H,1,6-7,10H2,2-4H3. The Labute approximate surface area is 108 Å². The van der Waals surface area contributed by atoms with Crippen LogP contribution in [0.5, 0.6) is 11.5 Å². The monoisotopic (exact) mass is 248 g/mol. The first-order valence-corrected chi connectivity index (χ1v) is 6.10. The number of carbonyl (C=O) groups excluding carboxylic acids is 1. The molecule has 0 aliphatic rings. The molecule has 0 aliphatic carbocycles. The van der Waals surface area contributed by atoms with Crippen LogP contribution in [-0.2, 0) is 6.42 Å². The lowest BCUT2D eigenvalue weighted by molar-refractivity contribution is 0.101. The molecule has 0 fully saturated rings. The Kier molecular flexibility index (Phi) is 5.43. The van der Waals surface area contributed by atoms with E-state index in [2.05, 4.69) is 6.58 Å². The summed E-state index contributed by atoms with van der Waals surface area (Å²) in [7, 11) is 1.60. The zero-order valence-corrected chi connectivity index (χ0v) is 11.3. The normalized spacial score (nSPS) is 9.94. The molecule has 3 heteroatoms. The van der Waals surface area contributed by atoms with Gasteiger partial charge in [-0.2, -0.15) is 0 Å². The third-order valence-electron chi connectivity index (χ3n) is 2.62. The number of ether oxygens (including phenoxy) is 2. The first-order valence-electron chi connectivity index (χ1n) is 6.10. The highest BCUT2D eigenvalue weighted by Gasteiger charge is 2.16. The van der Waals surface area contributed by atoms with Crippen molar-refractivity contribution in [1.29, 1.82) is 0 Å². The molecule has 0 heterocycles. The van der Waals surface area contributed by atoms with E-state index in [-0.39, 0.29) is 5.78 Å². The largest absolute Gasteiger partial charge is 0.493 e. The predicted molar refractivity (Wildman–Crippen MR) is 72.7 cm³/mol. The van der Waals surface area contributed by atoms with Gasteiger partial charge < -0.3 is 9.47 Å². The molecule has 1 aromatic rings. The molecule has 0 spiro atoms. The van der Waals surface area contributed by atoms with Crippen LogP contribution in [0.2, 0.25) is 0 Å². The van der Waals surface area contributed by atoms with Gasteiger partial charge in [-0.3, -0.25) is 4.79 Å². The molecule has 0 aromatic heterocycles. The SMILES string of the molecule is C=CCc1c(C(C)=O)ccc(OC)c1OCCC. The number of Topliss-reactive ketones (excluding diaryl/α,β-unsaturated/α-hetero) is 1. The quantitative estimate of drug-likeness (QED) is 0.548. The topological polar surface area (TPSA) is 35.5 Å². The minimum absolute atomic E-state index is 0.0239. The number of rotatable bonds is 7. The van der Waals surface area contributed by atoms with E-state index < -0.39 is 0 Å². The van der Waals surface area contributed by atoms with Crippen LogP contribution >= 0.6 is 0 Å². The van der Waals surface area contributed by atoms with Crippen LogP contribution in [0.25, 0.3) is 0 Å². The molecule has 0 N–H and O–H groups in total. The maximum Gasteiger partial charge on any atom is 0.165 e. The maximum atomic E-state index is 11.6. The Morgan fingerprint density at radius 3 is 2.67 bits per heavy atom. The fourth-order valence-electron chi connectivity index (χ4n) is 1.81. The molecule has 18 heavy (non-hydrogen) atoms. The van der Waals surface area contributed by atoms with Crippen LogP contribution in [0.4, 0.5) is 0 Å². The average molecular weight is 248 g/mol. The predicted octanol–water partition coefficient (Wildman–Crippen LogP) is 3.42. The van der Waals surface area contributed by atoms with E-state index in [4.69, 9.17) is 9.47 Å². The van der Waals surface area contributed by atoms with Gasteiger partial charge in [-0.1, -0.05) is 13.0 Å². The van der Waals surface area contributed by atoms with E-state index in [0.29, 0.717) is 30.1 Å². The van der Waals surface area contributed by atoms with Gasteiger partial charge in [0.1, 0.15) is 0 Å². The van der Waals surface area contributed by atoms with Gasteiger partial charge in [0, 0.05) is 11.1 Å². The second kappa shape index (κ2) is 6.84. The second-order valence-corrected chi connectivity index (χ2v) is 4.02. The highest BCUT2D eigenvalue weighted by molar-refractivity contribution is 5.96. The minimum Gasteiger partial charge on any atom is -0.493 e. The molecule has 0 amide bonds. The molecule has 1 aromatic carbocycles. The van der Waals surface area contributed by atoms with Crippen molar-refractivity contribution in [2.75, 3.05) is 13.7 Å². The minimum atomic E-state index is 0.0239. The molecule has 3 nitrogen and oxygen atoms in total. The third kappa shape index (κ3) is 3.13. The highest BCUT2D eigenvalue weighted by atomic mass is 16.5. The van der Waals surface area contributed by atoms with Crippen LogP contribution in [0, 0.1) is 0 Å². The summed E-state index contributed by atoms with van der Waals surface area (Å²) in [5.74, 6) is 1.34. The lowest BCUT2D eigenvalue weighted by atomic mass is 10.00. The van der Waals surface area contributed by atoms with E-state index in [0.717, 1.165) is 12.0 Å². The number of hydrogen-bond donors (Lipinski definition) is 0. The lowest BCUT2D eigenvalue weighted by Crippen LogP contribution is -2.06. The van der Waals surface area contributed by atoms with Crippen LogP contribution in [0.1, 0.15) is 36.2 Å². The number of hydrogen-bond acceptors (Lipinski definition) is 3. The summed E-state index contributed by atoms with van der Waals surface area (Å²) in [6.45, 7) is 7.91. The molecular weight excluding hydrogens is 228 g/mol. The summed E-state index contributed by atoms with van der Waals surface area (Å²) >= 11 is 0. The van der Waals surface area contributed by atoms with Crippen LogP contribution < -0.4 is 9.47 Å². The summed E-state index contributed by atoms with van der Waals surface area (Å²) in [5.41, 5.74) is 1.52. The number of ketones is 1. The Morgan fingerprint density at radius 1 is 1.44 bits per heavy atom. The molecule has 0 saturated carbocycles. The summed E-state index contributed by atoms with van der Waals surface area (Å²) < 4.78 is 11.0. The molecule has 1 rings (SSSR count). The molecular formula is C15H20O3. The van der Waals surface area contributed by atoms with Gasteiger partial charge in [0.25, 0.3) is 0 Å². The average Bonchev–Trinajstić information content (AvgIpc) is 2.36. The van der Waals surface area contributed by atoms with Crippen LogP contribution in [-0.4, -0.2) is 19.5 Å². The second-order valence-electron chi connectivity index (χ2n) is 4.02. The Morgan fingerprint density at radius 2 is 2.17 bits per heavy atom. The van der Waals surface area contributed by atoms with Crippen molar-refractivity contribution in [3.05, 3.63) is 35.9 Å². The Bertz CT molecular complexity index is 436. The van der Waals surface area contributed by atoms with E-state index in [1.807, 2.05) is 6.92 Å². The summed E-state index contributed by atoms with van der Waals surface area (Å²) in [5, 5.41) is 0. The van der Waals surface area contributed by atoms with E-state index >= 15 is 0 Å². The van der Waals surface area contributed by atoms with Crippen molar-refractivity contribution >= 4 is 5.78 Å². The summed E-state index contributed by atoms with van der Waals surface area (Å²) in [4.78, 5) is 11.6. The maximum absolute atomic E-state index is 11.6. The van der Waals surface area contributed by atoms with Crippen LogP contribution in [0.3, 0.4) is 0 Å². The fraction of sp³-hybridized carbons (Fsp3) is 0.400. The zero-order valence-electron chi connectivity index (χ0n) is 11.3. The number of benzene rings is 1. The van der Waals surface area contributed by atoms with Gasteiger partial charge in [0.15, 0.2) is 17.3 Å². The summed E-state index contributed by atoms with van der Waals surface area (Å²) in [6, 6.07) is 3.55. The molecule has 98 valence electrons. The number of allylic oxidation sites excluding steroid dienone is 1. The molecule has 0 radical (unpaired) electrons. The smallest absolute Gasteiger partial charge is 0.165 e. The lowest BCUT2D eigenvalue weighted by Gasteiger charge is -2.16. The Balaban J connectivity index is 3.32. The number of carbonyl (C=O) groups is 1. The first kappa shape index (κ1) is 14.3. The van der Waals surface area contributed by atoms with Crippen molar-refractivity contribution in [1.82, 2.24) is 0 Å². The number of methoxy groups -OCH3 is 1. The van der Waals surface area contributed by atoms with Gasteiger partial charge >= 0.3 is 0 Å². The van der Waals surface area contributed by atoms with Gasteiger partial charge in [-0.05, 0) is 31.9 Å². The van der Waals surface area contributed by atoms with E-state index in [1.54, 1.807) is 32.2 Å². The molecule has 0 aliphatic heterocycles. The van der Waals surface area contributed by atoms with E-state index in [9.17, 15) is 4.79 Å². The molecule has 0 bridgehead atoms. The highest BCUT2D eigenvalue weighted by Crippen LogP contribution is 2.34. The van der Waals surface area contributed by atoms with E-state index in [1.165, 1.54) is 0 Å². The van der Waals surface area contributed by atoms with Gasteiger partial charge in [-0.15, -0.1) is 6.58 Å². The fourth-order valence-corrected chi connectivity index (χ4v) is 1.81. The van der Waals surface area contributed by atoms with Crippen molar-refractivity contribution in [2.45, 2.75) is 26.7 Å². The van der Waals surface area contributed by atoms with Crippen molar-refractivity contribution in [3.8, 4) is 11.5 Å². The van der Waals surface area contributed by atoms with Crippen molar-refractivity contribution < 1.29 is 14.3 Å². The van der Waals surface area contributed by atoms with Gasteiger partial charge in [-0.25, -0.2) is 0 Å². The van der Waals surface area contributed by atoms with Crippen LogP contribution in [0.15, 0.2) is 24.8 Å². The molecule has 0 unspecified atom stereocenters. The molecule has 0 atom stereocenters. The third-order valence-corrected chi connectivity index (χ3v) is 2.62. The van der Waals surface area contributed by atoms with Crippen molar-refractivity contribution in [2.24, 2.45) is 0 Å². The van der Waals surface area contributed by atoms with Gasteiger partial charge in [0.2, 0.25) is 0 Å². The first-order chi connectivity index (χ1) is 8.65. The van der Waals surface area contributed by atoms with Gasteiger partial charge in [0.05, 0.1) is 13.7 Å². The summed E-state index contributed by atoms with van der Waals surface area (Å²) in [6.07, 6.45) is 3.26. The zero-order chi connectivity index (χ0) is 13.5. The molecule has 0 saturated heterocycles. The Hall–Kier alpha value is -1.77.